The van der Waals surface area contributed by atoms with E-state index in [2.05, 4.69) is 35.2 Å². The quantitative estimate of drug-likeness (QED) is 0.800. The number of hydrogen-bond donors (Lipinski definition) is 1. The van der Waals surface area contributed by atoms with Crippen LogP contribution in [0.3, 0.4) is 0 Å². The maximum atomic E-state index is 4.78. The van der Waals surface area contributed by atoms with Crippen LogP contribution in [0, 0.1) is 5.92 Å². The van der Waals surface area contributed by atoms with Crippen LogP contribution in [0.2, 0.25) is 0 Å². The van der Waals surface area contributed by atoms with Crippen molar-refractivity contribution < 1.29 is 0 Å². The molecule has 3 atom stereocenters. The average molecular weight is 247 g/mol. The summed E-state index contributed by atoms with van der Waals surface area (Å²) in [7, 11) is 0. The zero-order valence-electron chi connectivity index (χ0n) is 10.3. The maximum absolute atomic E-state index is 4.78. The van der Waals surface area contributed by atoms with Gasteiger partial charge in [0.2, 0.25) is 0 Å². The van der Waals surface area contributed by atoms with Crippen molar-refractivity contribution in [2.45, 2.75) is 37.0 Å². The summed E-state index contributed by atoms with van der Waals surface area (Å²) in [5.41, 5.74) is 1.36. The van der Waals surface area contributed by atoms with Gasteiger partial charge in [-0.15, -0.1) is 0 Å². The molecule has 1 aliphatic heterocycles. The lowest BCUT2D eigenvalue weighted by Gasteiger charge is -2.26. The molecule has 0 bridgehead atoms. The molecule has 1 aromatic rings. The summed E-state index contributed by atoms with van der Waals surface area (Å²) >= 11 is 4.78. The van der Waals surface area contributed by atoms with Crippen LogP contribution in [0.25, 0.3) is 0 Å². The minimum absolute atomic E-state index is 0.371. The molecule has 0 amide bonds. The Morgan fingerprint density at radius 1 is 1.18 bits per heavy atom. The topological polar surface area (TPSA) is 3.24 Å². The van der Waals surface area contributed by atoms with E-state index in [1.54, 1.807) is 0 Å². The molecule has 0 spiro atoms. The van der Waals surface area contributed by atoms with Crippen LogP contribution in [0.4, 0.5) is 0 Å². The number of benzene rings is 1. The number of thiol groups is 1. The van der Waals surface area contributed by atoms with E-state index >= 15 is 0 Å². The summed E-state index contributed by atoms with van der Waals surface area (Å²) in [5, 5.41) is 0.371. The van der Waals surface area contributed by atoms with Gasteiger partial charge in [0.05, 0.1) is 0 Å². The fraction of sp³-hybridized carbons (Fsp3) is 0.600. The van der Waals surface area contributed by atoms with E-state index < -0.39 is 0 Å². The summed E-state index contributed by atoms with van der Waals surface area (Å²) in [6.07, 6.45) is 5.73. The van der Waals surface area contributed by atoms with Gasteiger partial charge in [-0.2, -0.15) is 12.6 Å². The first-order valence-electron chi connectivity index (χ1n) is 6.81. The molecule has 0 unspecified atom stereocenters. The van der Waals surface area contributed by atoms with Gasteiger partial charge < -0.3 is 0 Å². The number of fused-ring (bicyclic) bond motifs is 1. The highest BCUT2D eigenvalue weighted by molar-refractivity contribution is 7.80. The first kappa shape index (κ1) is 11.6. The minimum atomic E-state index is 0.371. The summed E-state index contributed by atoms with van der Waals surface area (Å²) < 4.78 is 0. The third-order valence-electron chi connectivity index (χ3n) is 4.47. The zero-order valence-corrected chi connectivity index (χ0v) is 11.2. The molecule has 1 saturated heterocycles. The Hall–Kier alpha value is -0.470. The van der Waals surface area contributed by atoms with Crippen molar-refractivity contribution in [1.82, 2.24) is 4.90 Å². The van der Waals surface area contributed by atoms with Gasteiger partial charge in [0.25, 0.3) is 0 Å². The van der Waals surface area contributed by atoms with Gasteiger partial charge in [-0.25, -0.2) is 0 Å². The molecule has 2 aliphatic rings. The third kappa shape index (κ3) is 2.38. The Morgan fingerprint density at radius 2 is 2.00 bits per heavy atom. The molecule has 1 aliphatic carbocycles. The molecule has 92 valence electrons. The van der Waals surface area contributed by atoms with Crippen LogP contribution in [0.1, 0.15) is 36.5 Å². The molecule has 0 radical (unpaired) electrons. The van der Waals surface area contributed by atoms with Gasteiger partial charge >= 0.3 is 0 Å². The van der Waals surface area contributed by atoms with Gasteiger partial charge in [-0.1, -0.05) is 36.8 Å². The Labute approximate surface area is 110 Å². The lowest BCUT2D eigenvalue weighted by atomic mass is 10.0. The van der Waals surface area contributed by atoms with Crippen molar-refractivity contribution >= 4 is 12.6 Å². The fourth-order valence-electron chi connectivity index (χ4n) is 3.56. The van der Waals surface area contributed by atoms with Gasteiger partial charge in [0, 0.05) is 17.8 Å². The van der Waals surface area contributed by atoms with Gasteiger partial charge in [0.1, 0.15) is 0 Å². The second-order valence-electron chi connectivity index (χ2n) is 5.47. The summed E-state index contributed by atoms with van der Waals surface area (Å²) in [6, 6.07) is 11.6. The van der Waals surface area contributed by atoms with Crippen molar-refractivity contribution in [2.75, 3.05) is 13.1 Å². The lowest BCUT2D eigenvalue weighted by molar-refractivity contribution is 0.243. The summed E-state index contributed by atoms with van der Waals surface area (Å²) in [5.74, 6) is 0.992. The first-order chi connectivity index (χ1) is 8.34. The maximum Gasteiger partial charge on any atom is 0.0394 e. The standard InChI is InChI=1S/C15H21NS/c17-15(13-5-2-1-3-6-13)11-16-10-9-12-7-4-8-14(12)16/h1-3,5-6,12,14-15,17H,4,7-11H2/t12-,14-,15-/m1/s1. The molecule has 2 fully saturated rings. The largest absolute Gasteiger partial charge is 0.299 e. The third-order valence-corrected chi connectivity index (χ3v) is 4.93. The molecular weight excluding hydrogens is 226 g/mol. The van der Waals surface area contributed by atoms with E-state index in [4.69, 9.17) is 12.6 Å². The number of rotatable bonds is 3. The van der Waals surface area contributed by atoms with Crippen molar-refractivity contribution in [3.05, 3.63) is 35.9 Å². The molecular formula is C15H21NS. The van der Waals surface area contributed by atoms with Crippen LogP contribution in [-0.2, 0) is 0 Å². The van der Waals surface area contributed by atoms with E-state index in [-0.39, 0.29) is 0 Å². The highest BCUT2D eigenvalue weighted by atomic mass is 32.1. The number of likely N-dealkylation sites (tertiary alicyclic amines) is 1. The highest BCUT2D eigenvalue weighted by Crippen LogP contribution is 2.39. The highest BCUT2D eigenvalue weighted by Gasteiger charge is 2.37. The van der Waals surface area contributed by atoms with Crippen molar-refractivity contribution in [2.24, 2.45) is 5.92 Å². The smallest absolute Gasteiger partial charge is 0.0394 e. The predicted octanol–water partition coefficient (Wildman–Crippen LogP) is 3.53. The minimum Gasteiger partial charge on any atom is -0.299 e. The summed E-state index contributed by atoms with van der Waals surface area (Å²) in [4.78, 5) is 2.68. The van der Waals surface area contributed by atoms with Crippen molar-refractivity contribution in [1.29, 1.82) is 0 Å². The van der Waals surface area contributed by atoms with E-state index in [0.717, 1.165) is 18.5 Å². The van der Waals surface area contributed by atoms with Crippen molar-refractivity contribution in [3.8, 4) is 0 Å². The van der Waals surface area contributed by atoms with E-state index in [0.29, 0.717) is 5.25 Å². The Morgan fingerprint density at radius 3 is 2.82 bits per heavy atom. The van der Waals surface area contributed by atoms with Crippen molar-refractivity contribution in [3.63, 3.8) is 0 Å². The van der Waals surface area contributed by atoms with E-state index in [9.17, 15) is 0 Å². The van der Waals surface area contributed by atoms with Crippen LogP contribution in [0.15, 0.2) is 30.3 Å². The predicted molar refractivity (Wildman–Crippen MR) is 75.5 cm³/mol. The SMILES string of the molecule is S[C@H](CN1CC[C@H]2CCC[C@H]21)c1ccccc1. The molecule has 17 heavy (non-hydrogen) atoms. The molecule has 1 aromatic carbocycles. The van der Waals surface area contributed by atoms with Gasteiger partial charge in [-0.3, -0.25) is 4.90 Å². The van der Waals surface area contributed by atoms with E-state index in [1.807, 2.05) is 0 Å². The van der Waals surface area contributed by atoms with E-state index in [1.165, 1.54) is 37.8 Å². The second-order valence-corrected chi connectivity index (χ2v) is 6.09. The van der Waals surface area contributed by atoms with Gasteiger partial charge in [0.15, 0.2) is 0 Å². The number of hydrogen-bond acceptors (Lipinski definition) is 2. The van der Waals surface area contributed by atoms with Crippen LogP contribution < -0.4 is 0 Å². The Balaban J connectivity index is 1.64. The second kappa shape index (κ2) is 5.03. The lowest BCUT2D eigenvalue weighted by Crippen LogP contribution is -2.32. The van der Waals surface area contributed by atoms with Gasteiger partial charge in [-0.05, 0) is 37.3 Å². The molecule has 0 N–H and O–H groups in total. The monoisotopic (exact) mass is 247 g/mol. The first-order valence-corrected chi connectivity index (χ1v) is 7.33. The molecule has 3 rings (SSSR count). The molecule has 1 nitrogen and oxygen atoms in total. The molecule has 1 heterocycles. The molecule has 0 aromatic heterocycles. The number of nitrogens with zero attached hydrogens (tertiary/aromatic N) is 1. The van der Waals surface area contributed by atoms with Crippen LogP contribution in [0.5, 0.6) is 0 Å². The zero-order chi connectivity index (χ0) is 11.7. The fourth-order valence-corrected chi connectivity index (χ4v) is 3.94. The Kier molecular flexibility index (Phi) is 3.44. The molecule has 1 saturated carbocycles. The van der Waals surface area contributed by atoms with Crippen LogP contribution in [-0.4, -0.2) is 24.0 Å². The average Bonchev–Trinajstić information content (AvgIpc) is 2.95. The molecule has 2 heteroatoms. The Bertz CT molecular complexity index is 364. The normalized spacial score (nSPS) is 30.4. The van der Waals surface area contributed by atoms with Crippen LogP contribution >= 0.6 is 12.6 Å². The summed E-state index contributed by atoms with van der Waals surface area (Å²) in [6.45, 7) is 2.41.